The van der Waals surface area contributed by atoms with Crippen molar-refractivity contribution in [1.29, 1.82) is 0 Å². The van der Waals surface area contributed by atoms with Gasteiger partial charge in [0, 0.05) is 33.3 Å². The van der Waals surface area contributed by atoms with Crippen molar-refractivity contribution >= 4 is 15.9 Å². The van der Waals surface area contributed by atoms with Crippen molar-refractivity contribution in [3.8, 4) is 0 Å². The summed E-state index contributed by atoms with van der Waals surface area (Å²) in [6.07, 6.45) is 0. The van der Waals surface area contributed by atoms with Gasteiger partial charge in [0.05, 0.1) is 4.90 Å². The lowest BCUT2D eigenvalue weighted by Crippen LogP contribution is -2.27. The first-order chi connectivity index (χ1) is 10.8. The smallest absolute Gasteiger partial charge is 0.253 e. The van der Waals surface area contributed by atoms with Gasteiger partial charge in [-0.05, 0) is 23.8 Å². The molecule has 0 aromatic heterocycles. The Balaban J connectivity index is 2.23. The second-order valence-corrected chi connectivity index (χ2v) is 7.61. The highest BCUT2D eigenvalue weighted by atomic mass is 32.2. The number of benzene rings is 2. The molecule has 0 bridgehead atoms. The van der Waals surface area contributed by atoms with Gasteiger partial charge in [-0.15, -0.1) is 0 Å². The molecule has 0 aliphatic rings. The lowest BCUT2D eigenvalue weighted by atomic mass is 10.1. The van der Waals surface area contributed by atoms with Crippen LogP contribution in [0.15, 0.2) is 59.5 Å². The molecule has 2 rings (SSSR count). The van der Waals surface area contributed by atoms with Gasteiger partial charge in [-0.1, -0.05) is 36.4 Å². The van der Waals surface area contributed by atoms with E-state index in [4.69, 9.17) is 0 Å². The highest BCUT2D eigenvalue weighted by Gasteiger charge is 2.20. The number of rotatable bonds is 5. The zero-order valence-corrected chi connectivity index (χ0v) is 14.2. The molecule has 0 unspecified atom stereocenters. The molecular weight excluding hydrogens is 312 g/mol. The number of carbonyl (C=O) groups is 1. The number of sulfonamides is 1. The zero-order chi connectivity index (χ0) is 17.0. The summed E-state index contributed by atoms with van der Waals surface area (Å²) in [6.45, 7) is 0.463. The number of hydrogen-bond donors (Lipinski definition) is 0. The molecule has 0 heterocycles. The van der Waals surface area contributed by atoms with Gasteiger partial charge in [0.2, 0.25) is 10.0 Å². The molecule has 0 spiro atoms. The normalized spacial score (nSPS) is 11.5. The van der Waals surface area contributed by atoms with Crippen molar-refractivity contribution in [3.63, 3.8) is 0 Å². The van der Waals surface area contributed by atoms with E-state index in [1.165, 1.54) is 26.2 Å². The third-order valence-corrected chi connectivity index (χ3v) is 5.28. The van der Waals surface area contributed by atoms with Crippen molar-refractivity contribution < 1.29 is 13.2 Å². The highest BCUT2D eigenvalue weighted by molar-refractivity contribution is 7.89. The maximum Gasteiger partial charge on any atom is 0.253 e. The van der Waals surface area contributed by atoms with E-state index in [-0.39, 0.29) is 10.8 Å². The Morgan fingerprint density at radius 1 is 0.957 bits per heavy atom. The minimum Gasteiger partial charge on any atom is -0.337 e. The van der Waals surface area contributed by atoms with Gasteiger partial charge in [-0.25, -0.2) is 12.7 Å². The van der Waals surface area contributed by atoms with Crippen LogP contribution in [-0.2, 0) is 16.6 Å². The maximum atomic E-state index is 12.5. The Morgan fingerprint density at radius 3 is 2.22 bits per heavy atom. The van der Waals surface area contributed by atoms with Crippen LogP contribution in [0.2, 0.25) is 0 Å². The van der Waals surface area contributed by atoms with Crippen molar-refractivity contribution in [1.82, 2.24) is 9.21 Å². The molecule has 0 aliphatic carbocycles. The minimum absolute atomic E-state index is 0.112. The van der Waals surface area contributed by atoms with Gasteiger partial charge in [0.15, 0.2) is 0 Å². The fourth-order valence-corrected chi connectivity index (χ4v) is 3.10. The first-order valence-electron chi connectivity index (χ1n) is 7.14. The van der Waals surface area contributed by atoms with Crippen LogP contribution >= 0.6 is 0 Å². The topological polar surface area (TPSA) is 57.7 Å². The minimum atomic E-state index is -3.55. The van der Waals surface area contributed by atoms with Gasteiger partial charge in [-0.2, -0.15) is 0 Å². The van der Waals surface area contributed by atoms with Crippen LogP contribution in [0.1, 0.15) is 15.9 Å². The number of hydrogen-bond acceptors (Lipinski definition) is 3. The predicted molar refractivity (Wildman–Crippen MR) is 89.6 cm³/mol. The standard InChI is InChI=1S/C17H20N2O3S/c1-18(2)23(21,22)16-11-7-10-15(12-16)17(20)19(3)13-14-8-5-4-6-9-14/h4-12H,13H2,1-3H3. The predicted octanol–water partition coefficient (Wildman–Crippen LogP) is 2.21. The molecule has 0 N–H and O–H groups in total. The van der Waals surface area contributed by atoms with Gasteiger partial charge >= 0.3 is 0 Å². The molecule has 0 atom stereocenters. The molecule has 23 heavy (non-hydrogen) atoms. The number of amides is 1. The lowest BCUT2D eigenvalue weighted by molar-refractivity contribution is 0.0785. The van der Waals surface area contributed by atoms with E-state index in [1.807, 2.05) is 30.3 Å². The quantitative estimate of drug-likeness (QED) is 0.843. The van der Waals surface area contributed by atoms with E-state index in [1.54, 1.807) is 24.1 Å². The lowest BCUT2D eigenvalue weighted by Gasteiger charge is -2.18. The zero-order valence-electron chi connectivity index (χ0n) is 13.4. The first kappa shape index (κ1) is 17.2. The van der Waals surface area contributed by atoms with Gasteiger partial charge in [-0.3, -0.25) is 4.79 Å². The first-order valence-corrected chi connectivity index (χ1v) is 8.58. The van der Waals surface area contributed by atoms with Crippen LogP contribution in [0.3, 0.4) is 0 Å². The van der Waals surface area contributed by atoms with Crippen molar-refractivity contribution in [2.45, 2.75) is 11.4 Å². The third-order valence-electron chi connectivity index (χ3n) is 3.47. The Hall–Kier alpha value is -2.18. The SMILES string of the molecule is CN(Cc1ccccc1)C(=O)c1cccc(S(=O)(=O)N(C)C)c1. The Labute approximate surface area is 137 Å². The summed E-state index contributed by atoms with van der Waals surface area (Å²) in [7, 11) is 1.07. The van der Waals surface area contributed by atoms with Crippen LogP contribution < -0.4 is 0 Å². The summed E-state index contributed by atoms with van der Waals surface area (Å²) < 4.78 is 25.5. The summed E-state index contributed by atoms with van der Waals surface area (Å²) in [5, 5.41) is 0. The Kier molecular flexibility index (Phi) is 5.18. The van der Waals surface area contributed by atoms with E-state index in [2.05, 4.69) is 0 Å². The van der Waals surface area contributed by atoms with Gasteiger partial charge in [0.25, 0.3) is 5.91 Å². The molecule has 122 valence electrons. The van der Waals surface area contributed by atoms with Gasteiger partial charge in [0.1, 0.15) is 0 Å². The van der Waals surface area contributed by atoms with Crippen molar-refractivity contribution in [2.75, 3.05) is 21.1 Å². The summed E-state index contributed by atoms with van der Waals surface area (Å²) >= 11 is 0. The second kappa shape index (κ2) is 6.93. The van der Waals surface area contributed by atoms with Crippen LogP contribution in [-0.4, -0.2) is 44.7 Å². The molecule has 0 saturated heterocycles. The highest BCUT2D eigenvalue weighted by Crippen LogP contribution is 2.16. The van der Waals surface area contributed by atoms with Crippen LogP contribution in [0, 0.1) is 0 Å². The summed E-state index contributed by atoms with van der Waals surface area (Å²) in [6, 6.07) is 15.7. The maximum absolute atomic E-state index is 12.5. The fraction of sp³-hybridized carbons (Fsp3) is 0.235. The summed E-state index contributed by atoms with van der Waals surface area (Å²) in [5.74, 6) is -0.218. The average molecular weight is 332 g/mol. The number of carbonyl (C=O) groups excluding carboxylic acids is 1. The van der Waals surface area contributed by atoms with E-state index in [0.29, 0.717) is 12.1 Å². The molecule has 2 aromatic carbocycles. The van der Waals surface area contributed by atoms with E-state index < -0.39 is 10.0 Å². The van der Waals surface area contributed by atoms with Crippen LogP contribution in [0.5, 0.6) is 0 Å². The van der Waals surface area contributed by atoms with Crippen molar-refractivity contribution in [2.24, 2.45) is 0 Å². The van der Waals surface area contributed by atoms with Crippen LogP contribution in [0.4, 0.5) is 0 Å². The molecule has 6 heteroatoms. The average Bonchev–Trinajstić information content (AvgIpc) is 2.55. The largest absolute Gasteiger partial charge is 0.337 e. The van der Waals surface area contributed by atoms with Crippen molar-refractivity contribution in [3.05, 3.63) is 65.7 Å². The Morgan fingerprint density at radius 2 is 1.61 bits per heavy atom. The fourth-order valence-electron chi connectivity index (χ4n) is 2.15. The molecule has 2 aromatic rings. The molecule has 0 saturated carbocycles. The molecule has 1 amide bonds. The van der Waals surface area contributed by atoms with Gasteiger partial charge < -0.3 is 4.90 Å². The molecule has 0 radical (unpaired) electrons. The molecule has 0 aliphatic heterocycles. The summed E-state index contributed by atoms with van der Waals surface area (Å²) in [4.78, 5) is 14.2. The van der Waals surface area contributed by atoms with E-state index in [9.17, 15) is 13.2 Å². The molecular formula is C17H20N2O3S. The summed E-state index contributed by atoms with van der Waals surface area (Å²) in [5.41, 5.74) is 1.37. The van der Waals surface area contributed by atoms with E-state index >= 15 is 0 Å². The third kappa shape index (κ3) is 3.97. The second-order valence-electron chi connectivity index (χ2n) is 5.46. The molecule has 0 fully saturated rings. The number of nitrogens with zero attached hydrogens (tertiary/aromatic N) is 2. The molecule has 5 nitrogen and oxygen atoms in total. The monoisotopic (exact) mass is 332 g/mol. The Bertz CT molecular complexity index is 786. The van der Waals surface area contributed by atoms with E-state index in [0.717, 1.165) is 9.87 Å². The van der Waals surface area contributed by atoms with Crippen LogP contribution in [0.25, 0.3) is 0 Å².